The Morgan fingerprint density at radius 2 is 1.90 bits per heavy atom. The largest absolute Gasteiger partial charge is 0.404 e. The van der Waals surface area contributed by atoms with E-state index >= 15 is 0 Å². The van der Waals surface area contributed by atoms with Crippen molar-refractivity contribution >= 4 is 27.5 Å². The van der Waals surface area contributed by atoms with Crippen LogP contribution in [0.3, 0.4) is 0 Å². The van der Waals surface area contributed by atoms with Gasteiger partial charge in [-0.05, 0) is 50.1 Å². The summed E-state index contributed by atoms with van der Waals surface area (Å²) in [4.78, 5) is 12.3. The van der Waals surface area contributed by atoms with Crippen molar-refractivity contribution < 1.29 is 18.0 Å². The Morgan fingerprint density at radius 3 is 2.33 bits per heavy atom. The van der Waals surface area contributed by atoms with E-state index in [9.17, 15) is 18.0 Å². The molecule has 1 aromatic carbocycles. The Morgan fingerprint density at radius 1 is 1.33 bits per heavy atom. The topological polar surface area (TPSA) is 41.1 Å². The average molecular weight is 365 g/mol. The summed E-state index contributed by atoms with van der Waals surface area (Å²) in [6.45, 7) is 3.31. The molecule has 1 aliphatic heterocycles. The van der Waals surface area contributed by atoms with Crippen molar-refractivity contribution in [1.29, 1.82) is 0 Å². The minimum atomic E-state index is -4.57. The molecule has 0 saturated carbocycles. The highest BCUT2D eigenvalue weighted by Crippen LogP contribution is 2.44. The van der Waals surface area contributed by atoms with E-state index in [1.54, 1.807) is 26.0 Å². The zero-order valence-corrected chi connectivity index (χ0v) is 13.3. The smallest absolute Gasteiger partial charge is 0.325 e. The van der Waals surface area contributed by atoms with Crippen LogP contribution in [0, 0.1) is 19.3 Å². The first-order valence-electron chi connectivity index (χ1n) is 6.53. The van der Waals surface area contributed by atoms with E-state index in [1.807, 2.05) is 0 Å². The summed E-state index contributed by atoms with van der Waals surface area (Å²) >= 11 is 3.32. The van der Waals surface area contributed by atoms with E-state index < -0.39 is 17.5 Å². The summed E-state index contributed by atoms with van der Waals surface area (Å²) in [5, 5.41) is 5.11. The van der Waals surface area contributed by atoms with Gasteiger partial charge in [-0.15, -0.1) is 0 Å². The molecule has 1 aliphatic rings. The lowest BCUT2D eigenvalue weighted by molar-refractivity contribution is -0.213. The second kappa shape index (κ2) is 5.61. The van der Waals surface area contributed by atoms with Crippen LogP contribution >= 0.6 is 15.9 Å². The van der Waals surface area contributed by atoms with Crippen molar-refractivity contribution in [2.45, 2.75) is 26.4 Å². The fourth-order valence-electron chi connectivity index (χ4n) is 2.60. The molecule has 1 heterocycles. The van der Waals surface area contributed by atoms with Gasteiger partial charge in [0.2, 0.25) is 5.91 Å². The molecule has 0 bridgehead atoms. The Bertz CT molecular complexity index is 543. The van der Waals surface area contributed by atoms with E-state index in [1.165, 1.54) is 0 Å². The van der Waals surface area contributed by atoms with Crippen molar-refractivity contribution in [2.75, 3.05) is 18.4 Å². The molecule has 1 aromatic rings. The highest BCUT2D eigenvalue weighted by Gasteiger charge is 2.61. The Hall–Kier alpha value is -1.08. The molecule has 0 aliphatic carbocycles. The van der Waals surface area contributed by atoms with E-state index in [-0.39, 0.29) is 19.5 Å². The van der Waals surface area contributed by atoms with E-state index in [4.69, 9.17) is 0 Å². The first-order valence-corrected chi connectivity index (χ1v) is 7.32. The molecule has 1 atom stereocenters. The summed E-state index contributed by atoms with van der Waals surface area (Å²) < 4.78 is 40.8. The number of hydrogen-bond donors (Lipinski definition) is 2. The molecule has 1 fully saturated rings. The van der Waals surface area contributed by atoms with E-state index in [0.717, 1.165) is 15.6 Å². The highest BCUT2D eigenvalue weighted by atomic mass is 79.9. The highest BCUT2D eigenvalue weighted by molar-refractivity contribution is 9.10. The van der Waals surface area contributed by atoms with Gasteiger partial charge in [0.15, 0.2) is 5.41 Å². The monoisotopic (exact) mass is 364 g/mol. The van der Waals surface area contributed by atoms with Gasteiger partial charge in [0.1, 0.15) is 0 Å². The molecular weight excluding hydrogens is 349 g/mol. The second-order valence-corrected chi connectivity index (χ2v) is 6.29. The molecule has 116 valence electrons. The molecule has 0 aromatic heterocycles. The quantitative estimate of drug-likeness (QED) is 0.842. The molecule has 0 spiro atoms. The van der Waals surface area contributed by atoms with Gasteiger partial charge in [-0.1, -0.05) is 15.9 Å². The fourth-order valence-corrected chi connectivity index (χ4v) is 3.28. The van der Waals surface area contributed by atoms with Crippen LogP contribution in [-0.4, -0.2) is 25.2 Å². The zero-order valence-electron chi connectivity index (χ0n) is 11.7. The molecule has 1 saturated heterocycles. The molecule has 2 rings (SSSR count). The number of halogens is 4. The number of aryl methyl sites for hydroxylation is 2. The number of anilines is 1. The van der Waals surface area contributed by atoms with Gasteiger partial charge >= 0.3 is 6.18 Å². The predicted octanol–water partition coefficient (Wildman–Crippen LogP) is 3.55. The number of amides is 1. The van der Waals surface area contributed by atoms with Crippen LogP contribution in [0.2, 0.25) is 0 Å². The number of carbonyl (C=O) groups is 1. The second-order valence-electron chi connectivity index (χ2n) is 5.38. The number of nitrogens with one attached hydrogen (secondary N) is 2. The average Bonchev–Trinajstić information content (AvgIpc) is 2.83. The molecule has 7 heteroatoms. The number of rotatable bonds is 2. The molecule has 2 N–H and O–H groups in total. The lowest BCUT2D eigenvalue weighted by Gasteiger charge is -2.30. The predicted molar refractivity (Wildman–Crippen MR) is 78.2 cm³/mol. The van der Waals surface area contributed by atoms with Crippen molar-refractivity contribution in [3.8, 4) is 0 Å². The molecule has 21 heavy (non-hydrogen) atoms. The van der Waals surface area contributed by atoms with Gasteiger partial charge in [0, 0.05) is 16.7 Å². The lowest BCUT2D eigenvalue weighted by atomic mass is 9.85. The van der Waals surface area contributed by atoms with Gasteiger partial charge in [-0.25, -0.2) is 0 Å². The molecule has 3 nitrogen and oxygen atoms in total. The first-order chi connectivity index (χ1) is 9.67. The molecular formula is C14H16BrF3N2O. The number of carbonyl (C=O) groups excluding carboxylic acids is 1. The summed E-state index contributed by atoms with van der Waals surface area (Å²) in [6, 6.07) is 3.52. The standard InChI is InChI=1S/C14H16BrF3N2O/c1-8-5-10(15)6-9(2)11(8)20-12(21)13(14(16,17)18)3-4-19-7-13/h5-6,19H,3-4,7H2,1-2H3,(H,20,21). The summed E-state index contributed by atoms with van der Waals surface area (Å²) in [7, 11) is 0. The molecule has 1 unspecified atom stereocenters. The minimum Gasteiger partial charge on any atom is -0.325 e. The Labute approximate surface area is 129 Å². The number of alkyl halides is 3. The van der Waals surface area contributed by atoms with Crippen LogP contribution in [0.15, 0.2) is 16.6 Å². The van der Waals surface area contributed by atoms with Gasteiger partial charge < -0.3 is 10.6 Å². The third kappa shape index (κ3) is 2.94. The van der Waals surface area contributed by atoms with Crippen molar-refractivity contribution in [1.82, 2.24) is 5.32 Å². The van der Waals surface area contributed by atoms with Crippen LogP contribution in [-0.2, 0) is 4.79 Å². The van der Waals surface area contributed by atoms with Gasteiger partial charge in [-0.2, -0.15) is 13.2 Å². The van der Waals surface area contributed by atoms with Crippen molar-refractivity contribution in [3.63, 3.8) is 0 Å². The van der Waals surface area contributed by atoms with Crippen LogP contribution in [0.1, 0.15) is 17.5 Å². The third-order valence-electron chi connectivity index (χ3n) is 3.87. The van der Waals surface area contributed by atoms with Crippen molar-refractivity contribution in [2.24, 2.45) is 5.41 Å². The first kappa shape index (κ1) is 16.3. The molecule has 0 radical (unpaired) electrons. The van der Waals surface area contributed by atoms with Crippen LogP contribution in [0.5, 0.6) is 0 Å². The molecule has 1 amide bonds. The maximum Gasteiger partial charge on any atom is 0.404 e. The third-order valence-corrected chi connectivity index (χ3v) is 4.33. The Balaban J connectivity index is 2.33. The van der Waals surface area contributed by atoms with Gasteiger partial charge in [0.05, 0.1) is 0 Å². The zero-order chi connectivity index (χ0) is 15.8. The number of hydrogen-bond acceptors (Lipinski definition) is 2. The SMILES string of the molecule is Cc1cc(Br)cc(C)c1NC(=O)C1(C(F)(F)F)CCNC1. The summed E-state index contributed by atoms with van der Waals surface area (Å²) in [6.07, 6.45) is -4.81. The van der Waals surface area contributed by atoms with Crippen LogP contribution in [0.4, 0.5) is 18.9 Å². The lowest BCUT2D eigenvalue weighted by Crippen LogP contribution is -2.49. The fraction of sp³-hybridized carbons (Fsp3) is 0.500. The maximum absolute atomic E-state index is 13.3. The van der Waals surface area contributed by atoms with Crippen LogP contribution < -0.4 is 10.6 Å². The van der Waals surface area contributed by atoms with E-state index in [2.05, 4.69) is 26.6 Å². The maximum atomic E-state index is 13.3. The van der Waals surface area contributed by atoms with Gasteiger partial charge in [0.25, 0.3) is 0 Å². The van der Waals surface area contributed by atoms with Crippen molar-refractivity contribution in [3.05, 3.63) is 27.7 Å². The van der Waals surface area contributed by atoms with Gasteiger partial charge in [-0.3, -0.25) is 4.79 Å². The summed E-state index contributed by atoms with van der Waals surface area (Å²) in [5.74, 6) is -0.992. The normalized spacial score (nSPS) is 22.4. The Kier molecular flexibility index (Phi) is 4.35. The minimum absolute atomic E-state index is 0.186. The summed E-state index contributed by atoms with van der Waals surface area (Å²) in [5.41, 5.74) is -0.463. The number of benzene rings is 1. The van der Waals surface area contributed by atoms with Crippen LogP contribution in [0.25, 0.3) is 0 Å². The van der Waals surface area contributed by atoms with E-state index in [0.29, 0.717) is 5.69 Å².